The van der Waals surface area contributed by atoms with Gasteiger partial charge in [0.2, 0.25) is 0 Å². The number of hydrogen-bond acceptors (Lipinski definition) is 2. The van der Waals surface area contributed by atoms with Gasteiger partial charge < -0.3 is 13.9 Å². The number of rotatable bonds is 8. The van der Waals surface area contributed by atoms with Crippen molar-refractivity contribution in [3.8, 4) is 50.2 Å². The zero-order valence-corrected chi connectivity index (χ0v) is 38.7. The molecule has 0 aliphatic rings. The number of aromatic nitrogens is 1. The van der Waals surface area contributed by atoms with Crippen molar-refractivity contribution in [1.29, 1.82) is 0 Å². The van der Waals surface area contributed by atoms with Gasteiger partial charge in [-0.25, -0.2) is 0 Å². The highest BCUT2D eigenvalue weighted by molar-refractivity contribution is 6.12. The van der Waals surface area contributed by atoms with Crippen LogP contribution in [0.1, 0.15) is 0 Å². The lowest BCUT2D eigenvalue weighted by Crippen LogP contribution is -2.09. The zero-order chi connectivity index (χ0) is 46.8. The Morgan fingerprint density at radius 3 is 1.49 bits per heavy atom. The molecule has 0 unspecified atom stereocenters. The maximum atomic E-state index is 6.53. The topological polar surface area (TPSA) is 21.3 Å². The first-order chi connectivity index (χ1) is 35.2. The van der Waals surface area contributed by atoms with Crippen LogP contribution in [0.15, 0.2) is 271 Å². The van der Waals surface area contributed by atoms with Crippen LogP contribution < -0.4 is 4.90 Å². The maximum Gasteiger partial charge on any atom is 0.143 e. The number of furan rings is 1. The minimum Gasteiger partial charge on any atom is -0.455 e. The lowest BCUT2D eigenvalue weighted by atomic mass is 9.97. The molecule has 71 heavy (non-hydrogen) atoms. The third-order valence-electron chi connectivity index (χ3n) is 14.4. The van der Waals surface area contributed by atoms with E-state index < -0.39 is 0 Å². The van der Waals surface area contributed by atoms with Gasteiger partial charge in [-0.15, -0.1) is 0 Å². The zero-order valence-electron chi connectivity index (χ0n) is 38.7. The smallest absolute Gasteiger partial charge is 0.143 e. The van der Waals surface area contributed by atoms with Crippen molar-refractivity contribution in [1.82, 2.24) is 4.57 Å². The maximum absolute atomic E-state index is 6.53. The molecular formula is C68H44N2O. The van der Waals surface area contributed by atoms with Crippen LogP contribution in [-0.2, 0) is 0 Å². The Hall–Kier alpha value is -9.44. The average molecular weight is 905 g/mol. The quantitative estimate of drug-likeness (QED) is 0.142. The van der Waals surface area contributed by atoms with Crippen molar-refractivity contribution < 1.29 is 4.42 Å². The Morgan fingerprint density at radius 1 is 0.282 bits per heavy atom. The molecule has 0 N–H and O–H groups in total. The Kier molecular flexibility index (Phi) is 9.53. The van der Waals surface area contributed by atoms with E-state index in [2.05, 4.69) is 270 Å². The predicted octanol–water partition coefficient (Wildman–Crippen LogP) is 19.1. The van der Waals surface area contributed by atoms with Crippen molar-refractivity contribution in [3.05, 3.63) is 267 Å². The van der Waals surface area contributed by atoms with Gasteiger partial charge in [0, 0.05) is 49.9 Å². The van der Waals surface area contributed by atoms with Crippen LogP contribution in [0.2, 0.25) is 0 Å². The summed E-state index contributed by atoms with van der Waals surface area (Å²) in [6, 6.07) is 96.6. The summed E-state index contributed by atoms with van der Waals surface area (Å²) in [5, 5.41) is 9.78. The van der Waals surface area contributed by atoms with Crippen molar-refractivity contribution in [2.45, 2.75) is 0 Å². The summed E-state index contributed by atoms with van der Waals surface area (Å²) in [5.74, 6) is 0. The third-order valence-corrected chi connectivity index (χ3v) is 14.4. The molecule has 3 heteroatoms. The van der Waals surface area contributed by atoms with Crippen LogP contribution in [-0.4, -0.2) is 4.57 Å². The van der Waals surface area contributed by atoms with Crippen molar-refractivity contribution in [3.63, 3.8) is 0 Å². The Balaban J connectivity index is 0.833. The molecule has 0 bridgehead atoms. The Morgan fingerprint density at radius 2 is 0.789 bits per heavy atom. The molecule has 0 amide bonds. The van der Waals surface area contributed by atoms with Crippen molar-refractivity contribution >= 4 is 82.4 Å². The van der Waals surface area contributed by atoms with E-state index in [-0.39, 0.29) is 0 Å². The summed E-state index contributed by atoms with van der Waals surface area (Å²) in [5.41, 5.74) is 17.9. The number of benzene rings is 12. The van der Waals surface area contributed by atoms with Gasteiger partial charge in [0.1, 0.15) is 11.2 Å². The van der Waals surface area contributed by atoms with Crippen molar-refractivity contribution in [2.75, 3.05) is 4.90 Å². The second-order valence-electron chi connectivity index (χ2n) is 18.5. The van der Waals surface area contributed by atoms with E-state index in [9.17, 15) is 0 Å². The van der Waals surface area contributed by atoms with E-state index >= 15 is 0 Å². The first-order valence-corrected chi connectivity index (χ1v) is 24.3. The van der Waals surface area contributed by atoms with E-state index in [1.54, 1.807) is 0 Å². The molecule has 3 nitrogen and oxygen atoms in total. The minimum atomic E-state index is 0.887. The second-order valence-corrected chi connectivity index (χ2v) is 18.5. The number of fused-ring (bicyclic) bond motifs is 9. The summed E-state index contributed by atoms with van der Waals surface area (Å²) in [6.45, 7) is 0. The number of anilines is 3. The van der Waals surface area contributed by atoms with Gasteiger partial charge in [-0.3, -0.25) is 0 Å². The molecule has 0 saturated heterocycles. The SMILES string of the molecule is c1ccc(-c2cccc3c2oc2ccc(-c4ccc(N(c5ccc(-c6ccc7c(ccc8ccccc87)c6)cc5)c5ccc(-c6ccc7c(c6)c6ccccc6n7-c6ccccc6)cc5)cc4)cc23)cc1. The third kappa shape index (κ3) is 6.97. The van der Waals surface area contributed by atoms with E-state index in [0.29, 0.717) is 0 Å². The summed E-state index contributed by atoms with van der Waals surface area (Å²) >= 11 is 0. The highest BCUT2D eigenvalue weighted by Crippen LogP contribution is 2.42. The standard InChI is InChI=1S/C68H44N2O/c1-3-12-48(13-4-1)60-19-11-20-62-64-44-52(32-41-67(64)71-68(60)62)47-28-37-57(38-29-47)69(55-33-24-45(25-34-55)50-30-39-59-53(42-50)23-22-49-14-7-8-17-58(49)59)56-35-26-46(27-36-56)51-31-40-66-63(43-51)61-18-9-10-21-65(61)70(66)54-15-5-2-6-16-54/h1-44H. The fraction of sp³-hybridized carbons (Fsp3) is 0. The Bertz CT molecular complexity index is 4300. The molecule has 2 aromatic heterocycles. The predicted molar refractivity (Wildman–Crippen MR) is 299 cm³/mol. The fourth-order valence-electron chi connectivity index (χ4n) is 10.9. The lowest BCUT2D eigenvalue weighted by Gasteiger charge is -2.26. The molecule has 14 aromatic rings. The molecule has 14 rings (SSSR count). The largest absolute Gasteiger partial charge is 0.455 e. The minimum absolute atomic E-state index is 0.887. The molecule has 0 aliphatic carbocycles. The molecule has 0 saturated carbocycles. The van der Waals surface area contributed by atoms with Gasteiger partial charge in [-0.2, -0.15) is 0 Å². The molecule has 0 aliphatic heterocycles. The van der Waals surface area contributed by atoms with Gasteiger partial charge in [0.15, 0.2) is 0 Å². The van der Waals surface area contributed by atoms with Gasteiger partial charge >= 0.3 is 0 Å². The fourth-order valence-corrected chi connectivity index (χ4v) is 10.9. The van der Waals surface area contributed by atoms with Crippen LogP contribution in [0.4, 0.5) is 17.1 Å². The lowest BCUT2D eigenvalue weighted by molar-refractivity contribution is 0.670. The first-order valence-electron chi connectivity index (χ1n) is 24.3. The van der Waals surface area contributed by atoms with Crippen LogP contribution in [0.5, 0.6) is 0 Å². The summed E-state index contributed by atoms with van der Waals surface area (Å²) in [4.78, 5) is 2.36. The van der Waals surface area contributed by atoms with Crippen LogP contribution in [0.3, 0.4) is 0 Å². The Labute approximate surface area is 411 Å². The molecular weight excluding hydrogens is 861 g/mol. The molecule has 0 atom stereocenters. The molecule has 332 valence electrons. The van der Waals surface area contributed by atoms with Crippen LogP contribution in [0.25, 0.3) is 115 Å². The van der Waals surface area contributed by atoms with E-state index in [0.717, 1.165) is 66.9 Å². The van der Waals surface area contributed by atoms with E-state index in [4.69, 9.17) is 4.42 Å². The van der Waals surface area contributed by atoms with Crippen LogP contribution in [0, 0.1) is 0 Å². The highest BCUT2D eigenvalue weighted by atomic mass is 16.3. The molecule has 2 heterocycles. The van der Waals surface area contributed by atoms with Gasteiger partial charge in [0.05, 0.1) is 11.0 Å². The summed E-state index contributed by atoms with van der Waals surface area (Å²) < 4.78 is 8.90. The van der Waals surface area contributed by atoms with E-state index in [1.165, 1.54) is 65.6 Å². The highest BCUT2D eigenvalue weighted by Gasteiger charge is 2.18. The normalized spacial score (nSPS) is 11.7. The summed E-state index contributed by atoms with van der Waals surface area (Å²) in [6.07, 6.45) is 0. The molecule has 0 fully saturated rings. The first kappa shape index (κ1) is 40.6. The molecule has 12 aromatic carbocycles. The number of nitrogens with zero attached hydrogens (tertiary/aromatic N) is 2. The van der Waals surface area contributed by atoms with Crippen LogP contribution >= 0.6 is 0 Å². The van der Waals surface area contributed by atoms with Crippen molar-refractivity contribution in [2.24, 2.45) is 0 Å². The van der Waals surface area contributed by atoms with Gasteiger partial charge in [-0.05, 0) is 145 Å². The average Bonchev–Trinajstić information content (AvgIpc) is 3.99. The molecule has 0 radical (unpaired) electrons. The summed E-state index contributed by atoms with van der Waals surface area (Å²) in [7, 11) is 0. The number of hydrogen-bond donors (Lipinski definition) is 0. The monoisotopic (exact) mass is 904 g/mol. The van der Waals surface area contributed by atoms with Gasteiger partial charge in [0.25, 0.3) is 0 Å². The van der Waals surface area contributed by atoms with Gasteiger partial charge in [-0.1, -0.05) is 182 Å². The number of para-hydroxylation sites is 3. The molecule has 0 spiro atoms. The second kappa shape index (κ2) is 16.7. The van der Waals surface area contributed by atoms with E-state index in [1.807, 2.05) is 6.07 Å².